The zero-order valence-electron chi connectivity index (χ0n) is 16.4. The van der Waals surface area contributed by atoms with Gasteiger partial charge in [0.15, 0.2) is 5.13 Å². The van der Waals surface area contributed by atoms with Gasteiger partial charge in [0.2, 0.25) is 5.91 Å². The number of aromatic nitrogens is 1. The van der Waals surface area contributed by atoms with Crippen molar-refractivity contribution in [3.05, 3.63) is 76.1 Å². The second-order valence-electron chi connectivity index (χ2n) is 7.44. The van der Waals surface area contributed by atoms with Crippen molar-refractivity contribution in [1.29, 1.82) is 0 Å². The maximum atomic E-state index is 13.5. The molecule has 1 aliphatic rings. The highest BCUT2D eigenvalue weighted by Gasteiger charge is 2.33. The highest BCUT2D eigenvalue weighted by atomic mass is 32.1. The van der Waals surface area contributed by atoms with Crippen molar-refractivity contribution in [1.82, 2.24) is 9.88 Å². The summed E-state index contributed by atoms with van der Waals surface area (Å²) in [6, 6.07) is 13.0. The average Bonchev–Trinajstić information content (AvgIpc) is 3.45. The van der Waals surface area contributed by atoms with E-state index in [4.69, 9.17) is 0 Å². The van der Waals surface area contributed by atoms with Crippen LogP contribution in [0.3, 0.4) is 0 Å². The molecule has 0 spiro atoms. The number of hydrogen-bond acceptors (Lipinski definition) is 6. The van der Waals surface area contributed by atoms with Crippen LogP contribution in [0, 0.1) is 0 Å². The molecule has 2 N–H and O–H groups in total. The predicted octanol–water partition coefficient (Wildman–Crippen LogP) is 4.66. The molecule has 0 aliphatic carbocycles. The molecule has 0 radical (unpaired) electrons. The molecule has 2 amide bonds. The van der Waals surface area contributed by atoms with Gasteiger partial charge < -0.3 is 15.3 Å². The number of anilines is 1. The molecule has 156 valence electrons. The Balaban J connectivity index is 1.46. The first kappa shape index (κ1) is 19.7. The van der Waals surface area contributed by atoms with Crippen molar-refractivity contribution >= 4 is 49.7 Å². The van der Waals surface area contributed by atoms with E-state index < -0.39 is 0 Å². The molecule has 4 aromatic rings. The van der Waals surface area contributed by atoms with E-state index in [-0.39, 0.29) is 35.6 Å². The van der Waals surface area contributed by atoms with Gasteiger partial charge in [-0.2, -0.15) is 0 Å². The molecule has 1 atom stereocenters. The standard InChI is InChI=1S/C23H19N3O3S2/c27-20(25-23-24-8-10-31-23)12-16-11-14-3-1-2-4-15(14)13-26(16)22(29)18-5-6-19-17(21(18)28)7-9-30-19/h1-10,16,28H,11-13H2,(H,24,25,27)/t16-/m0/s1. The number of thiazole rings is 1. The molecule has 1 aliphatic heterocycles. The molecule has 8 heteroatoms. The van der Waals surface area contributed by atoms with Crippen molar-refractivity contribution in [2.75, 3.05) is 5.32 Å². The van der Waals surface area contributed by atoms with Crippen LogP contribution in [0.25, 0.3) is 10.1 Å². The zero-order chi connectivity index (χ0) is 21.4. The molecule has 0 bridgehead atoms. The van der Waals surface area contributed by atoms with Crippen molar-refractivity contribution in [3.8, 4) is 5.75 Å². The Morgan fingerprint density at radius 2 is 1.94 bits per heavy atom. The number of nitrogens with zero attached hydrogens (tertiary/aromatic N) is 2. The molecular weight excluding hydrogens is 430 g/mol. The van der Waals surface area contributed by atoms with Crippen LogP contribution in [0.1, 0.15) is 27.9 Å². The first-order valence-electron chi connectivity index (χ1n) is 9.86. The van der Waals surface area contributed by atoms with E-state index in [0.29, 0.717) is 23.5 Å². The molecule has 0 unspecified atom stereocenters. The largest absolute Gasteiger partial charge is 0.506 e. The lowest BCUT2D eigenvalue weighted by Gasteiger charge is -2.37. The smallest absolute Gasteiger partial charge is 0.258 e. The normalized spacial score (nSPS) is 15.6. The average molecular weight is 450 g/mol. The summed E-state index contributed by atoms with van der Waals surface area (Å²) >= 11 is 2.87. The van der Waals surface area contributed by atoms with Crippen LogP contribution in [0.15, 0.2) is 59.4 Å². The number of benzene rings is 2. The fourth-order valence-electron chi connectivity index (χ4n) is 4.03. The predicted molar refractivity (Wildman–Crippen MR) is 123 cm³/mol. The van der Waals surface area contributed by atoms with E-state index in [1.54, 1.807) is 22.5 Å². The molecular formula is C23H19N3O3S2. The number of aromatic hydroxyl groups is 1. The van der Waals surface area contributed by atoms with Gasteiger partial charge >= 0.3 is 0 Å². The number of hydrogen-bond donors (Lipinski definition) is 2. The van der Waals surface area contributed by atoms with Crippen LogP contribution < -0.4 is 5.32 Å². The number of rotatable bonds is 4. The van der Waals surface area contributed by atoms with Gasteiger partial charge in [0, 0.05) is 40.7 Å². The molecule has 2 aromatic heterocycles. The number of phenols is 1. The number of carbonyl (C=O) groups excluding carboxylic acids is 2. The summed E-state index contributed by atoms with van der Waals surface area (Å²) in [7, 11) is 0. The Morgan fingerprint density at radius 1 is 1.10 bits per heavy atom. The lowest BCUT2D eigenvalue weighted by molar-refractivity contribution is -0.117. The van der Waals surface area contributed by atoms with Crippen LogP contribution in [0.2, 0.25) is 0 Å². The van der Waals surface area contributed by atoms with Gasteiger partial charge in [0.25, 0.3) is 5.91 Å². The quantitative estimate of drug-likeness (QED) is 0.475. The summed E-state index contributed by atoms with van der Waals surface area (Å²) in [5, 5.41) is 18.5. The summed E-state index contributed by atoms with van der Waals surface area (Å²) in [6.07, 6.45) is 2.37. The second-order valence-corrected chi connectivity index (χ2v) is 9.29. The third-order valence-electron chi connectivity index (χ3n) is 5.55. The lowest BCUT2D eigenvalue weighted by Crippen LogP contribution is -2.46. The lowest BCUT2D eigenvalue weighted by atomic mass is 9.91. The molecule has 6 nitrogen and oxygen atoms in total. The Bertz CT molecular complexity index is 1270. The van der Waals surface area contributed by atoms with Crippen molar-refractivity contribution in [2.24, 2.45) is 0 Å². The Morgan fingerprint density at radius 3 is 2.74 bits per heavy atom. The topological polar surface area (TPSA) is 82.5 Å². The number of amides is 2. The minimum Gasteiger partial charge on any atom is -0.506 e. The third kappa shape index (κ3) is 3.80. The summed E-state index contributed by atoms with van der Waals surface area (Å²) < 4.78 is 0.928. The fraction of sp³-hybridized carbons (Fsp3) is 0.174. The second kappa shape index (κ2) is 8.13. The van der Waals surface area contributed by atoms with E-state index in [1.165, 1.54) is 22.7 Å². The first-order valence-corrected chi connectivity index (χ1v) is 11.6. The van der Waals surface area contributed by atoms with E-state index in [1.807, 2.05) is 41.8 Å². The van der Waals surface area contributed by atoms with Crippen LogP contribution >= 0.6 is 22.7 Å². The molecule has 0 fully saturated rings. The number of phenolic OH excluding ortho intramolecular Hbond substituents is 1. The SMILES string of the molecule is O=C(C[C@@H]1Cc2ccccc2CN1C(=O)c1ccc2sccc2c1O)Nc1nccs1. The van der Waals surface area contributed by atoms with E-state index in [0.717, 1.165) is 15.8 Å². The third-order valence-corrected chi connectivity index (χ3v) is 7.12. The zero-order valence-corrected chi connectivity index (χ0v) is 18.1. The number of carbonyl (C=O) groups is 2. The molecule has 0 saturated heterocycles. The minimum absolute atomic E-state index is 0.00593. The van der Waals surface area contributed by atoms with Gasteiger partial charge in [-0.1, -0.05) is 24.3 Å². The Kier molecular flexibility index (Phi) is 5.17. The van der Waals surface area contributed by atoms with E-state index >= 15 is 0 Å². The number of thiophene rings is 1. The Hall–Kier alpha value is -3.23. The minimum atomic E-state index is -0.320. The maximum Gasteiger partial charge on any atom is 0.258 e. The van der Waals surface area contributed by atoms with Gasteiger partial charge in [0.1, 0.15) is 5.75 Å². The maximum absolute atomic E-state index is 13.5. The van der Waals surface area contributed by atoms with Crippen LogP contribution in [-0.4, -0.2) is 32.8 Å². The molecule has 31 heavy (non-hydrogen) atoms. The number of nitrogens with one attached hydrogen (secondary N) is 1. The van der Waals surface area contributed by atoms with Gasteiger partial charge in [-0.15, -0.1) is 22.7 Å². The van der Waals surface area contributed by atoms with Gasteiger partial charge in [-0.25, -0.2) is 4.98 Å². The summed E-state index contributed by atoms with van der Waals surface area (Å²) in [5.41, 5.74) is 2.45. The van der Waals surface area contributed by atoms with Crippen molar-refractivity contribution < 1.29 is 14.7 Å². The first-order chi connectivity index (χ1) is 15.1. The Labute approximate surface area is 186 Å². The van der Waals surface area contributed by atoms with Gasteiger partial charge in [-0.3, -0.25) is 9.59 Å². The van der Waals surface area contributed by atoms with E-state index in [2.05, 4.69) is 10.3 Å². The van der Waals surface area contributed by atoms with Crippen LogP contribution in [0.5, 0.6) is 5.75 Å². The van der Waals surface area contributed by atoms with Crippen LogP contribution in [-0.2, 0) is 17.8 Å². The van der Waals surface area contributed by atoms with Gasteiger partial charge in [0.05, 0.1) is 5.56 Å². The molecule has 0 saturated carbocycles. The highest BCUT2D eigenvalue weighted by molar-refractivity contribution is 7.17. The monoisotopic (exact) mass is 449 g/mol. The van der Waals surface area contributed by atoms with E-state index in [9.17, 15) is 14.7 Å². The molecule has 5 rings (SSSR count). The number of fused-ring (bicyclic) bond motifs is 2. The van der Waals surface area contributed by atoms with Gasteiger partial charge in [-0.05, 0) is 41.1 Å². The van der Waals surface area contributed by atoms with Crippen LogP contribution in [0.4, 0.5) is 5.13 Å². The summed E-state index contributed by atoms with van der Waals surface area (Å²) in [6.45, 7) is 0.394. The fourth-order valence-corrected chi connectivity index (χ4v) is 5.37. The van der Waals surface area contributed by atoms with Crippen molar-refractivity contribution in [2.45, 2.75) is 25.4 Å². The highest BCUT2D eigenvalue weighted by Crippen LogP contribution is 2.35. The summed E-state index contributed by atoms with van der Waals surface area (Å²) in [5.74, 6) is -0.463. The van der Waals surface area contributed by atoms with Crippen molar-refractivity contribution in [3.63, 3.8) is 0 Å². The molecule has 3 heterocycles. The summed E-state index contributed by atoms with van der Waals surface area (Å²) in [4.78, 5) is 32.0. The molecule has 2 aromatic carbocycles.